The smallest absolute Gasteiger partial charge is 0.251 e. The highest BCUT2D eigenvalue weighted by Gasteiger charge is 2.14. The molecule has 0 aromatic heterocycles. The average Bonchev–Trinajstić information content (AvgIpc) is 2.66. The van der Waals surface area contributed by atoms with Crippen molar-refractivity contribution in [1.82, 2.24) is 5.32 Å². The first-order chi connectivity index (χ1) is 12.2. The molecule has 25 heavy (non-hydrogen) atoms. The van der Waals surface area contributed by atoms with Gasteiger partial charge in [0.15, 0.2) is 0 Å². The van der Waals surface area contributed by atoms with Crippen molar-refractivity contribution in [1.29, 1.82) is 0 Å². The summed E-state index contributed by atoms with van der Waals surface area (Å²) in [4.78, 5) is 12.4. The van der Waals surface area contributed by atoms with Gasteiger partial charge in [-0.25, -0.2) is 0 Å². The first-order valence-electron chi connectivity index (χ1n) is 8.21. The number of fused-ring (bicyclic) bond motifs is 1. The fourth-order valence-electron chi connectivity index (χ4n) is 2.84. The highest BCUT2D eigenvalue weighted by atomic mass is 16.5. The van der Waals surface area contributed by atoms with Crippen molar-refractivity contribution in [3.05, 3.63) is 83.4 Å². The van der Waals surface area contributed by atoms with Gasteiger partial charge < -0.3 is 15.2 Å². The van der Waals surface area contributed by atoms with E-state index in [4.69, 9.17) is 4.74 Å². The maximum Gasteiger partial charge on any atom is 0.251 e. The van der Waals surface area contributed by atoms with E-state index in [2.05, 4.69) is 5.32 Å². The Morgan fingerprint density at radius 2 is 1.76 bits per heavy atom. The number of nitrogens with one attached hydrogen (secondary N) is 1. The Balaban J connectivity index is 1.68. The van der Waals surface area contributed by atoms with Gasteiger partial charge in [-0.05, 0) is 34.0 Å². The Hall–Kier alpha value is -2.69. The molecular formula is C21H21NO3. The summed E-state index contributed by atoms with van der Waals surface area (Å²) in [5, 5.41) is 15.4. The second kappa shape index (κ2) is 7.92. The zero-order valence-corrected chi connectivity index (χ0v) is 14.1. The molecule has 0 saturated heterocycles. The lowest BCUT2D eigenvalue weighted by atomic mass is 10.0. The first kappa shape index (κ1) is 17.1. The maximum absolute atomic E-state index is 12.4. The Morgan fingerprint density at radius 1 is 1.04 bits per heavy atom. The Labute approximate surface area is 147 Å². The molecule has 3 aromatic rings. The SMILES string of the molecule is COCc1ccccc1C(=O)NCC(O)c1ccc2ccccc2c1. The molecule has 0 spiro atoms. The van der Waals surface area contributed by atoms with E-state index in [1.165, 1.54) is 0 Å². The summed E-state index contributed by atoms with van der Waals surface area (Å²) in [6, 6.07) is 21.1. The molecule has 2 N–H and O–H groups in total. The summed E-state index contributed by atoms with van der Waals surface area (Å²) in [5.74, 6) is -0.215. The molecule has 3 aromatic carbocycles. The van der Waals surface area contributed by atoms with E-state index >= 15 is 0 Å². The maximum atomic E-state index is 12.4. The van der Waals surface area contributed by atoms with Gasteiger partial charge in [-0.15, -0.1) is 0 Å². The van der Waals surface area contributed by atoms with E-state index in [0.717, 1.165) is 21.9 Å². The molecule has 4 heteroatoms. The van der Waals surface area contributed by atoms with E-state index in [1.54, 1.807) is 13.2 Å². The number of aliphatic hydroxyl groups excluding tert-OH is 1. The third-order valence-corrected chi connectivity index (χ3v) is 4.18. The first-order valence-corrected chi connectivity index (χ1v) is 8.21. The van der Waals surface area contributed by atoms with Crippen molar-refractivity contribution in [2.24, 2.45) is 0 Å². The van der Waals surface area contributed by atoms with E-state index in [-0.39, 0.29) is 12.5 Å². The number of aliphatic hydroxyl groups is 1. The summed E-state index contributed by atoms with van der Waals surface area (Å²) in [6.45, 7) is 0.523. The van der Waals surface area contributed by atoms with Gasteiger partial charge in [0.25, 0.3) is 5.91 Å². The molecule has 1 atom stereocenters. The zero-order valence-electron chi connectivity index (χ0n) is 14.1. The third-order valence-electron chi connectivity index (χ3n) is 4.18. The van der Waals surface area contributed by atoms with Crippen molar-refractivity contribution >= 4 is 16.7 Å². The van der Waals surface area contributed by atoms with Crippen LogP contribution < -0.4 is 5.32 Å². The number of methoxy groups -OCH3 is 1. The van der Waals surface area contributed by atoms with Crippen LogP contribution in [-0.2, 0) is 11.3 Å². The average molecular weight is 335 g/mol. The molecular weight excluding hydrogens is 314 g/mol. The number of rotatable bonds is 6. The standard InChI is InChI=1S/C21H21NO3/c1-25-14-18-8-4-5-9-19(18)21(24)22-13-20(23)17-11-10-15-6-2-3-7-16(15)12-17/h2-12,20,23H,13-14H2,1H3,(H,22,24). The number of benzene rings is 3. The number of hydrogen-bond donors (Lipinski definition) is 2. The van der Waals surface area contributed by atoms with Crippen LogP contribution in [0.3, 0.4) is 0 Å². The molecule has 0 saturated carbocycles. The quantitative estimate of drug-likeness (QED) is 0.725. The summed E-state index contributed by atoms with van der Waals surface area (Å²) in [6.07, 6.45) is -0.761. The molecule has 0 aliphatic rings. The lowest BCUT2D eigenvalue weighted by molar-refractivity contribution is 0.0911. The van der Waals surface area contributed by atoms with Crippen molar-refractivity contribution in [3.8, 4) is 0 Å². The summed E-state index contributed by atoms with van der Waals surface area (Å²) in [5.41, 5.74) is 2.17. The summed E-state index contributed by atoms with van der Waals surface area (Å²) >= 11 is 0. The predicted molar refractivity (Wildman–Crippen MR) is 98.4 cm³/mol. The summed E-state index contributed by atoms with van der Waals surface area (Å²) in [7, 11) is 1.60. The highest BCUT2D eigenvalue weighted by molar-refractivity contribution is 5.95. The second-order valence-corrected chi connectivity index (χ2v) is 5.92. The Kier molecular flexibility index (Phi) is 5.43. The molecule has 4 nitrogen and oxygen atoms in total. The van der Waals surface area contributed by atoms with Crippen LogP contribution in [0.5, 0.6) is 0 Å². The van der Waals surface area contributed by atoms with Crippen molar-refractivity contribution in [2.45, 2.75) is 12.7 Å². The van der Waals surface area contributed by atoms with Crippen LogP contribution in [0.1, 0.15) is 27.6 Å². The second-order valence-electron chi connectivity index (χ2n) is 5.92. The van der Waals surface area contributed by atoms with Gasteiger partial charge in [0.1, 0.15) is 0 Å². The molecule has 0 aliphatic heterocycles. The molecule has 128 valence electrons. The van der Waals surface area contributed by atoms with Gasteiger partial charge in [-0.3, -0.25) is 4.79 Å². The number of ether oxygens (including phenoxy) is 1. The van der Waals surface area contributed by atoms with E-state index in [0.29, 0.717) is 12.2 Å². The zero-order chi connectivity index (χ0) is 17.6. The van der Waals surface area contributed by atoms with Crippen molar-refractivity contribution in [3.63, 3.8) is 0 Å². The van der Waals surface area contributed by atoms with Crippen LogP contribution in [0.2, 0.25) is 0 Å². The Morgan fingerprint density at radius 3 is 2.56 bits per heavy atom. The van der Waals surface area contributed by atoms with Crippen LogP contribution in [-0.4, -0.2) is 24.7 Å². The van der Waals surface area contributed by atoms with Gasteiger partial charge in [0.2, 0.25) is 0 Å². The van der Waals surface area contributed by atoms with Crippen molar-refractivity contribution in [2.75, 3.05) is 13.7 Å². The van der Waals surface area contributed by atoms with E-state index < -0.39 is 6.10 Å². The minimum atomic E-state index is -0.761. The molecule has 1 unspecified atom stereocenters. The van der Waals surface area contributed by atoms with E-state index in [1.807, 2.05) is 60.7 Å². The normalized spacial score (nSPS) is 12.1. The summed E-state index contributed by atoms with van der Waals surface area (Å²) < 4.78 is 5.13. The number of hydrogen-bond acceptors (Lipinski definition) is 3. The van der Waals surface area contributed by atoms with Crippen molar-refractivity contribution < 1.29 is 14.6 Å². The predicted octanol–water partition coefficient (Wildman–Crippen LogP) is 3.45. The molecule has 0 bridgehead atoms. The fourth-order valence-corrected chi connectivity index (χ4v) is 2.84. The van der Waals surface area contributed by atoms with Gasteiger partial charge in [0.05, 0.1) is 12.7 Å². The fraction of sp³-hybridized carbons (Fsp3) is 0.190. The minimum absolute atomic E-state index is 0.151. The third kappa shape index (κ3) is 4.05. The van der Waals surface area contributed by atoms with Crippen LogP contribution in [0.4, 0.5) is 0 Å². The topological polar surface area (TPSA) is 58.6 Å². The molecule has 0 radical (unpaired) electrons. The number of carbonyl (C=O) groups excluding carboxylic acids is 1. The highest BCUT2D eigenvalue weighted by Crippen LogP contribution is 2.20. The van der Waals surface area contributed by atoms with Gasteiger partial charge in [0, 0.05) is 19.2 Å². The lowest BCUT2D eigenvalue weighted by Crippen LogP contribution is -2.29. The monoisotopic (exact) mass is 335 g/mol. The van der Waals surface area contributed by atoms with Crippen LogP contribution in [0.25, 0.3) is 10.8 Å². The number of carbonyl (C=O) groups is 1. The lowest BCUT2D eigenvalue weighted by Gasteiger charge is -2.14. The van der Waals surface area contributed by atoms with Crippen LogP contribution in [0.15, 0.2) is 66.7 Å². The van der Waals surface area contributed by atoms with Gasteiger partial charge in [-0.2, -0.15) is 0 Å². The molecule has 0 aliphatic carbocycles. The Bertz CT molecular complexity index is 876. The largest absolute Gasteiger partial charge is 0.387 e. The molecule has 0 fully saturated rings. The molecule has 1 amide bonds. The van der Waals surface area contributed by atoms with Gasteiger partial charge in [-0.1, -0.05) is 54.6 Å². The van der Waals surface area contributed by atoms with E-state index in [9.17, 15) is 9.90 Å². The van der Waals surface area contributed by atoms with Crippen LogP contribution in [0, 0.1) is 0 Å². The minimum Gasteiger partial charge on any atom is -0.387 e. The van der Waals surface area contributed by atoms with Gasteiger partial charge >= 0.3 is 0 Å². The van der Waals surface area contributed by atoms with Crippen LogP contribution >= 0.6 is 0 Å². The molecule has 0 heterocycles. The number of amides is 1. The molecule has 3 rings (SSSR count).